The highest BCUT2D eigenvalue weighted by molar-refractivity contribution is 5.68. The van der Waals surface area contributed by atoms with Crippen LogP contribution < -0.4 is 0 Å². The van der Waals surface area contributed by atoms with Crippen molar-refractivity contribution in [2.45, 2.75) is 78.7 Å². The van der Waals surface area contributed by atoms with Crippen LogP contribution in [0.4, 0.5) is 4.79 Å². The first-order valence-electron chi connectivity index (χ1n) is 7.38. The zero-order valence-corrected chi connectivity index (χ0v) is 12.9. The Kier molecular flexibility index (Phi) is 8.86. The van der Waals surface area contributed by atoms with E-state index in [0.717, 1.165) is 25.9 Å². The third-order valence-corrected chi connectivity index (χ3v) is 2.71. The summed E-state index contributed by atoms with van der Waals surface area (Å²) in [5.74, 6) is 0. The quantitative estimate of drug-likeness (QED) is 0.723. The smallest absolute Gasteiger partial charge is 0.410 e. The van der Waals surface area contributed by atoms with Crippen LogP contribution in [0.3, 0.4) is 0 Å². The zero-order valence-electron chi connectivity index (χ0n) is 12.9. The molecule has 0 unspecified atom stereocenters. The predicted molar refractivity (Wildman–Crippen MR) is 76.9 cm³/mol. The van der Waals surface area contributed by atoms with E-state index in [9.17, 15) is 4.79 Å². The summed E-state index contributed by atoms with van der Waals surface area (Å²) in [6.07, 6.45) is 7.37. The van der Waals surface area contributed by atoms with Gasteiger partial charge in [0.15, 0.2) is 0 Å². The third kappa shape index (κ3) is 9.32. The Morgan fingerprint density at radius 3 is 1.89 bits per heavy atom. The van der Waals surface area contributed by atoms with Gasteiger partial charge in [0.05, 0.1) is 0 Å². The number of ether oxygens (including phenoxy) is 1. The molecule has 1 fully saturated rings. The van der Waals surface area contributed by atoms with Gasteiger partial charge >= 0.3 is 6.09 Å². The van der Waals surface area contributed by atoms with Crippen molar-refractivity contribution in [3.8, 4) is 0 Å². The first-order valence-corrected chi connectivity index (χ1v) is 7.38. The van der Waals surface area contributed by atoms with Gasteiger partial charge in [0, 0.05) is 13.1 Å². The zero-order chi connectivity index (χ0) is 14.0. The Morgan fingerprint density at radius 2 is 1.56 bits per heavy atom. The molecular formula is C15H31NO2. The Labute approximate surface area is 113 Å². The van der Waals surface area contributed by atoms with E-state index >= 15 is 0 Å². The second-order valence-electron chi connectivity index (χ2n) is 5.88. The van der Waals surface area contributed by atoms with Gasteiger partial charge in [-0.25, -0.2) is 4.79 Å². The van der Waals surface area contributed by atoms with E-state index in [0.29, 0.717) is 0 Å². The number of carbonyl (C=O) groups is 1. The van der Waals surface area contributed by atoms with Crippen LogP contribution >= 0.6 is 0 Å². The molecule has 1 rings (SSSR count). The number of amides is 1. The molecular weight excluding hydrogens is 226 g/mol. The van der Waals surface area contributed by atoms with Crippen molar-refractivity contribution in [1.29, 1.82) is 0 Å². The van der Waals surface area contributed by atoms with Crippen LogP contribution in [0.15, 0.2) is 0 Å². The molecule has 1 aliphatic heterocycles. The average molecular weight is 257 g/mol. The van der Waals surface area contributed by atoms with E-state index in [1.165, 1.54) is 25.7 Å². The van der Waals surface area contributed by atoms with Crippen molar-refractivity contribution in [2.24, 2.45) is 0 Å². The molecule has 0 N–H and O–H groups in total. The number of rotatable bonds is 2. The van der Waals surface area contributed by atoms with Crippen molar-refractivity contribution in [1.82, 2.24) is 4.90 Å². The fourth-order valence-corrected chi connectivity index (χ4v) is 1.76. The van der Waals surface area contributed by atoms with Crippen LogP contribution in [-0.2, 0) is 4.74 Å². The van der Waals surface area contributed by atoms with E-state index < -0.39 is 0 Å². The molecule has 1 amide bonds. The van der Waals surface area contributed by atoms with Crippen LogP contribution in [0.1, 0.15) is 73.1 Å². The summed E-state index contributed by atoms with van der Waals surface area (Å²) >= 11 is 0. The minimum Gasteiger partial charge on any atom is -0.444 e. The fourth-order valence-electron chi connectivity index (χ4n) is 1.76. The highest BCUT2D eigenvalue weighted by Gasteiger charge is 2.22. The molecule has 0 bridgehead atoms. The van der Waals surface area contributed by atoms with Crippen LogP contribution in [0.2, 0.25) is 0 Å². The predicted octanol–water partition coefficient (Wildman–Crippen LogP) is 4.60. The third-order valence-electron chi connectivity index (χ3n) is 2.71. The lowest BCUT2D eigenvalue weighted by atomic mass is 10.1. The Hall–Kier alpha value is -0.730. The number of hydrogen-bond donors (Lipinski definition) is 0. The van der Waals surface area contributed by atoms with Gasteiger partial charge in [0.2, 0.25) is 0 Å². The fraction of sp³-hybridized carbons (Fsp3) is 0.933. The SMILES string of the molecule is CC(C)(C)OC(=O)N1CCCCC1.CCCCC. The van der Waals surface area contributed by atoms with Crippen molar-refractivity contribution < 1.29 is 9.53 Å². The van der Waals surface area contributed by atoms with Gasteiger partial charge in [0.25, 0.3) is 0 Å². The van der Waals surface area contributed by atoms with Gasteiger partial charge in [0.1, 0.15) is 5.60 Å². The van der Waals surface area contributed by atoms with Crippen molar-refractivity contribution in [3.63, 3.8) is 0 Å². The molecule has 3 heteroatoms. The summed E-state index contributed by atoms with van der Waals surface area (Å²) in [5, 5.41) is 0. The minimum absolute atomic E-state index is 0.160. The lowest BCUT2D eigenvalue weighted by Crippen LogP contribution is -2.39. The van der Waals surface area contributed by atoms with Gasteiger partial charge in [-0.05, 0) is 40.0 Å². The van der Waals surface area contributed by atoms with Gasteiger partial charge in [-0.2, -0.15) is 0 Å². The molecule has 1 saturated heterocycles. The lowest BCUT2D eigenvalue weighted by molar-refractivity contribution is 0.0216. The second-order valence-corrected chi connectivity index (χ2v) is 5.88. The molecule has 18 heavy (non-hydrogen) atoms. The number of carbonyl (C=O) groups excluding carboxylic acids is 1. The van der Waals surface area contributed by atoms with E-state index in [-0.39, 0.29) is 11.7 Å². The highest BCUT2D eigenvalue weighted by atomic mass is 16.6. The Bertz CT molecular complexity index is 213. The van der Waals surface area contributed by atoms with E-state index in [1.807, 2.05) is 20.8 Å². The number of likely N-dealkylation sites (tertiary alicyclic amines) is 1. The first kappa shape index (κ1) is 17.3. The lowest BCUT2D eigenvalue weighted by Gasteiger charge is -2.29. The molecule has 3 nitrogen and oxygen atoms in total. The maximum absolute atomic E-state index is 11.5. The Morgan fingerprint density at radius 1 is 1.06 bits per heavy atom. The number of piperidine rings is 1. The van der Waals surface area contributed by atoms with Gasteiger partial charge in [-0.15, -0.1) is 0 Å². The minimum atomic E-state index is -0.367. The van der Waals surface area contributed by atoms with E-state index in [1.54, 1.807) is 4.90 Å². The first-order chi connectivity index (χ1) is 8.40. The van der Waals surface area contributed by atoms with Crippen molar-refractivity contribution in [3.05, 3.63) is 0 Å². The summed E-state index contributed by atoms with van der Waals surface area (Å²) < 4.78 is 5.26. The van der Waals surface area contributed by atoms with Gasteiger partial charge in [-0.3, -0.25) is 0 Å². The summed E-state index contributed by atoms with van der Waals surface area (Å²) in [7, 11) is 0. The molecule has 1 aliphatic rings. The normalized spacial score (nSPS) is 15.7. The maximum atomic E-state index is 11.5. The van der Waals surface area contributed by atoms with E-state index in [2.05, 4.69) is 13.8 Å². The molecule has 108 valence electrons. The molecule has 0 aromatic carbocycles. The van der Waals surface area contributed by atoms with Crippen molar-refractivity contribution in [2.75, 3.05) is 13.1 Å². The summed E-state index contributed by atoms with van der Waals surface area (Å²) in [4.78, 5) is 13.3. The monoisotopic (exact) mass is 257 g/mol. The van der Waals surface area contributed by atoms with E-state index in [4.69, 9.17) is 4.74 Å². The number of unbranched alkanes of at least 4 members (excludes halogenated alkanes) is 2. The standard InChI is InChI=1S/C10H19NO2.C5H12/c1-10(2,3)13-9(12)11-7-5-4-6-8-11;1-3-5-4-2/h4-8H2,1-3H3;3-5H2,1-2H3. The number of hydrogen-bond acceptors (Lipinski definition) is 2. The second kappa shape index (κ2) is 9.23. The van der Waals surface area contributed by atoms with Gasteiger partial charge < -0.3 is 9.64 Å². The molecule has 0 atom stereocenters. The maximum Gasteiger partial charge on any atom is 0.410 e. The topological polar surface area (TPSA) is 29.5 Å². The molecule has 0 saturated carbocycles. The van der Waals surface area contributed by atoms with Crippen LogP contribution in [0, 0.1) is 0 Å². The molecule has 0 aliphatic carbocycles. The summed E-state index contributed by atoms with van der Waals surface area (Å²) in [6, 6.07) is 0. The van der Waals surface area contributed by atoms with Crippen LogP contribution in [0.25, 0.3) is 0 Å². The molecule has 0 aromatic heterocycles. The van der Waals surface area contributed by atoms with Crippen LogP contribution in [-0.4, -0.2) is 29.7 Å². The molecule has 1 heterocycles. The summed E-state index contributed by atoms with van der Waals surface area (Å²) in [6.45, 7) is 11.8. The summed E-state index contributed by atoms with van der Waals surface area (Å²) in [5.41, 5.74) is -0.367. The Balaban J connectivity index is 0.000000494. The van der Waals surface area contributed by atoms with Gasteiger partial charge in [-0.1, -0.05) is 33.1 Å². The van der Waals surface area contributed by atoms with Crippen molar-refractivity contribution >= 4 is 6.09 Å². The largest absolute Gasteiger partial charge is 0.444 e. The van der Waals surface area contributed by atoms with Crippen LogP contribution in [0.5, 0.6) is 0 Å². The average Bonchev–Trinajstić information content (AvgIpc) is 2.30. The molecule has 0 spiro atoms. The number of nitrogens with zero attached hydrogens (tertiary/aromatic N) is 1. The molecule has 0 aromatic rings. The highest BCUT2D eigenvalue weighted by Crippen LogP contribution is 2.14. The molecule has 0 radical (unpaired) electrons.